The average Bonchev–Trinajstić information content (AvgIpc) is 2.41. The van der Waals surface area contributed by atoms with Gasteiger partial charge in [-0.1, -0.05) is 45.7 Å². The first kappa shape index (κ1) is 14.1. The largest absolute Gasteiger partial charge is 0.138 e. The van der Waals surface area contributed by atoms with Gasteiger partial charge < -0.3 is 0 Å². The van der Waals surface area contributed by atoms with Crippen LogP contribution in [0.1, 0.15) is 38.8 Å². The summed E-state index contributed by atoms with van der Waals surface area (Å²) >= 11 is 0. The number of hydrogen-bond donors (Lipinski definition) is 0. The molecule has 1 aromatic rings. The van der Waals surface area contributed by atoms with Crippen molar-refractivity contribution in [2.24, 2.45) is 0 Å². The lowest BCUT2D eigenvalue weighted by molar-refractivity contribution is 1.14. The third-order valence-corrected chi connectivity index (χ3v) is 8.58. The van der Waals surface area contributed by atoms with Crippen LogP contribution in [0.5, 0.6) is 0 Å². The zero-order valence-corrected chi connectivity index (χ0v) is 12.6. The second kappa shape index (κ2) is 6.66. The summed E-state index contributed by atoms with van der Waals surface area (Å²) in [6, 6.07) is 12.5. The molecule has 0 aromatic heterocycles. The molecule has 0 bridgehead atoms. The molecular weight excluding hydrogens is 220 g/mol. The maximum atomic E-state index is 3.62. The molecule has 0 unspecified atom stereocenters. The van der Waals surface area contributed by atoms with E-state index in [9.17, 15) is 0 Å². The highest BCUT2D eigenvalue weighted by Crippen LogP contribution is 2.19. The molecule has 0 radical (unpaired) electrons. The third kappa shape index (κ3) is 3.75. The van der Waals surface area contributed by atoms with E-state index in [0.717, 1.165) is 6.42 Å². The minimum Gasteiger partial charge on any atom is -0.126 e. The summed E-state index contributed by atoms with van der Waals surface area (Å²) in [6.07, 6.45) is 1.10. The van der Waals surface area contributed by atoms with Crippen LogP contribution >= 0.6 is 0 Å². The van der Waals surface area contributed by atoms with Gasteiger partial charge in [-0.15, -0.1) is 5.54 Å². The Labute approximate surface area is 107 Å². The van der Waals surface area contributed by atoms with Crippen LogP contribution in [-0.4, -0.2) is 8.07 Å². The van der Waals surface area contributed by atoms with Crippen LogP contribution in [0.15, 0.2) is 24.3 Å². The molecule has 92 valence electrons. The predicted molar refractivity (Wildman–Crippen MR) is 79.9 cm³/mol. The minimum absolute atomic E-state index is 1.10. The Morgan fingerprint density at radius 1 is 0.882 bits per heavy atom. The quantitative estimate of drug-likeness (QED) is 0.534. The summed E-state index contributed by atoms with van der Waals surface area (Å²) in [6.45, 7) is 9.08. The lowest BCUT2D eigenvalue weighted by Gasteiger charge is -2.19. The van der Waals surface area contributed by atoms with Crippen molar-refractivity contribution >= 4 is 8.07 Å². The number of hydrogen-bond acceptors (Lipinski definition) is 0. The highest BCUT2D eigenvalue weighted by atomic mass is 28.3. The first-order valence-corrected chi connectivity index (χ1v) is 9.44. The van der Waals surface area contributed by atoms with Crippen molar-refractivity contribution in [2.45, 2.75) is 52.2 Å². The first-order chi connectivity index (χ1) is 8.19. The summed E-state index contributed by atoms with van der Waals surface area (Å²) < 4.78 is 0. The Balaban J connectivity index is 2.89. The molecule has 0 aliphatic heterocycles. The van der Waals surface area contributed by atoms with Crippen LogP contribution in [0, 0.1) is 11.5 Å². The summed E-state index contributed by atoms with van der Waals surface area (Å²) in [5, 5.41) is 0. The molecule has 17 heavy (non-hydrogen) atoms. The van der Waals surface area contributed by atoms with Gasteiger partial charge >= 0.3 is 0 Å². The molecule has 0 saturated carbocycles. The number of benzene rings is 1. The fourth-order valence-corrected chi connectivity index (χ4v) is 4.48. The highest BCUT2D eigenvalue weighted by molar-refractivity contribution is 6.87. The molecule has 0 nitrogen and oxygen atoms in total. The molecule has 0 spiro atoms. The molecule has 0 atom stereocenters. The van der Waals surface area contributed by atoms with Crippen LogP contribution in [0.25, 0.3) is 0 Å². The zero-order valence-electron chi connectivity index (χ0n) is 11.6. The molecular formula is C16H24Si. The second-order valence-corrected chi connectivity index (χ2v) is 9.57. The van der Waals surface area contributed by atoms with E-state index in [1.165, 1.54) is 29.3 Å². The Bertz CT molecular complexity index is 380. The van der Waals surface area contributed by atoms with Gasteiger partial charge in [-0.05, 0) is 42.2 Å². The predicted octanol–water partition coefficient (Wildman–Crippen LogP) is 4.65. The molecule has 1 aromatic carbocycles. The second-order valence-electron chi connectivity index (χ2n) is 4.64. The van der Waals surface area contributed by atoms with E-state index in [2.05, 4.69) is 63.4 Å². The van der Waals surface area contributed by atoms with E-state index in [1.54, 1.807) is 0 Å². The Morgan fingerprint density at radius 3 is 1.82 bits per heavy atom. The van der Waals surface area contributed by atoms with Gasteiger partial charge in [0.25, 0.3) is 0 Å². The molecule has 0 aliphatic carbocycles. The lowest BCUT2D eigenvalue weighted by Crippen LogP contribution is -2.29. The SMILES string of the molecule is CCc1ccc(C#C[Si](CC)(CC)CC)cc1. The van der Waals surface area contributed by atoms with Gasteiger partial charge in [-0.2, -0.15) is 0 Å². The Hall–Kier alpha value is -1.00. The lowest BCUT2D eigenvalue weighted by atomic mass is 10.1. The first-order valence-electron chi connectivity index (χ1n) is 6.81. The highest BCUT2D eigenvalue weighted by Gasteiger charge is 2.23. The normalized spacial score (nSPS) is 10.8. The van der Waals surface area contributed by atoms with Crippen LogP contribution in [0.4, 0.5) is 0 Å². The minimum atomic E-state index is -1.28. The van der Waals surface area contributed by atoms with Crippen molar-refractivity contribution in [2.75, 3.05) is 0 Å². The van der Waals surface area contributed by atoms with Crippen molar-refractivity contribution in [3.8, 4) is 11.5 Å². The van der Waals surface area contributed by atoms with Crippen molar-refractivity contribution in [1.29, 1.82) is 0 Å². The summed E-state index contributed by atoms with van der Waals surface area (Å²) in [7, 11) is -1.28. The van der Waals surface area contributed by atoms with Crippen LogP contribution in [0.3, 0.4) is 0 Å². The standard InChI is InChI=1S/C16H24Si/c1-5-15-9-11-16(12-10-15)13-14-17(6-2,7-3)8-4/h9-12H,5-8H2,1-4H3. The van der Waals surface area contributed by atoms with Gasteiger partial charge in [0.15, 0.2) is 0 Å². The fourth-order valence-electron chi connectivity index (χ4n) is 2.04. The van der Waals surface area contributed by atoms with Crippen LogP contribution in [0.2, 0.25) is 18.1 Å². The Kier molecular flexibility index (Phi) is 5.51. The van der Waals surface area contributed by atoms with Crippen LogP contribution in [-0.2, 0) is 6.42 Å². The van der Waals surface area contributed by atoms with Crippen molar-refractivity contribution < 1.29 is 0 Å². The third-order valence-electron chi connectivity index (χ3n) is 3.86. The topological polar surface area (TPSA) is 0 Å². The van der Waals surface area contributed by atoms with E-state index in [0.29, 0.717) is 0 Å². The fraction of sp³-hybridized carbons (Fsp3) is 0.500. The molecule has 0 aliphatic rings. The zero-order chi connectivity index (χ0) is 12.7. The number of aryl methyl sites for hydroxylation is 1. The maximum absolute atomic E-state index is 3.62. The van der Waals surface area contributed by atoms with Crippen molar-refractivity contribution in [3.63, 3.8) is 0 Å². The molecule has 0 N–H and O–H groups in total. The van der Waals surface area contributed by atoms with Gasteiger partial charge in [0, 0.05) is 5.56 Å². The van der Waals surface area contributed by atoms with E-state index < -0.39 is 8.07 Å². The maximum Gasteiger partial charge on any atom is 0.138 e. The Morgan fingerprint density at radius 2 is 1.41 bits per heavy atom. The molecule has 0 saturated heterocycles. The van der Waals surface area contributed by atoms with Gasteiger partial charge in [-0.3, -0.25) is 0 Å². The van der Waals surface area contributed by atoms with E-state index in [-0.39, 0.29) is 0 Å². The summed E-state index contributed by atoms with van der Waals surface area (Å²) in [5.74, 6) is 3.40. The molecule has 1 rings (SSSR count). The van der Waals surface area contributed by atoms with E-state index >= 15 is 0 Å². The smallest absolute Gasteiger partial charge is 0.126 e. The molecule has 1 heteroatoms. The van der Waals surface area contributed by atoms with Gasteiger partial charge in [0.2, 0.25) is 0 Å². The molecule has 0 fully saturated rings. The summed E-state index contributed by atoms with van der Waals surface area (Å²) in [4.78, 5) is 0. The monoisotopic (exact) mass is 244 g/mol. The van der Waals surface area contributed by atoms with Gasteiger partial charge in [0.05, 0.1) is 0 Å². The van der Waals surface area contributed by atoms with Gasteiger partial charge in [0.1, 0.15) is 8.07 Å². The van der Waals surface area contributed by atoms with Crippen molar-refractivity contribution in [3.05, 3.63) is 35.4 Å². The van der Waals surface area contributed by atoms with E-state index in [1.807, 2.05) is 0 Å². The van der Waals surface area contributed by atoms with Gasteiger partial charge in [-0.25, -0.2) is 0 Å². The van der Waals surface area contributed by atoms with E-state index in [4.69, 9.17) is 0 Å². The summed E-state index contributed by atoms with van der Waals surface area (Å²) in [5.41, 5.74) is 6.19. The average molecular weight is 244 g/mol. The number of rotatable bonds is 4. The molecule has 0 amide bonds. The molecule has 0 heterocycles. The van der Waals surface area contributed by atoms with Crippen LogP contribution < -0.4 is 0 Å². The van der Waals surface area contributed by atoms with Crippen molar-refractivity contribution in [1.82, 2.24) is 0 Å².